The molecular weight excluding hydrogens is 757 g/mol. The van der Waals surface area contributed by atoms with E-state index in [2.05, 4.69) is 154 Å². The van der Waals surface area contributed by atoms with Crippen LogP contribution in [0.15, 0.2) is 134 Å². The average Bonchev–Trinajstić information content (AvgIpc) is 3.26. The van der Waals surface area contributed by atoms with Gasteiger partial charge in [-0.1, -0.05) is 161 Å². The third-order valence-electron chi connectivity index (χ3n) is 9.13. The fourth-order valence-electron chi connectivity index (χ4n) is 5.67. The molecule has 0 fully saturated rings. The van der Waals surface area contributed by atoms with E-state index in [1.807, 2.05) is 0 Å². The highest BCUT2D eigenvalue weighted by molar-refractivity contribution is 5.71. The predicted octanol–water partition coefficient (Wildman–Crippen LogP) is 15.5. The topological polar surface area (TPSA) is 78.9 Å². The Hall–Kier alpha value is -4.45. The Labute approximate surface area is 373 Å². The highest BCUT2D eigenvalue weighted by Gasteiger charge is 2.19. The summed E-state index contributed by atoms with van der Waals surface area (Å²) in [6, 6.07) is 0. The number of esters is 3. The second kappa shape index (κ2) is 48.2. The van der Waals surface area contributed by atoms with E-state index in [1.54, 1.807) is 0 Å². The maximum absolute atomic E-state index is 12.7. The second-order valence-electron chi connectivity index (χ2n) is 14.9. The molecule has 340 valence electrons. The molecule has 0 rings (SSSR count). The van der Waals surface area contributed by atoms with Gasteiger partial charge in [0.1, 0.15) is 13.2 Å². The Morgan fingerprint density at radius 3 is 0.918 bits per heavy atom. The molecule has 6 nitrogen and oxygen atoms in total. The third kappa shape index (κ3) is 46.5. The zero-order chi connectivity index (χ0) is 44.4. The van der Waals surface area contributed by atoms with E-state index >= 15 is 0 Å². The van der Waals surface area contributed by atoms with Crippen molar-refractivity contribution in [3.8, 4) is 0 Å². The Morgan fingerprint density at radius 1 is 0.328 bits per heavy atom. The van der Waals surface area contributed by atoms with Gasteiger partial charge in [-0.2, -0.15) is 0 Å². The van der Waals surface area contributed by atoms with Gasteiger partial charge in [0.15, 0.2) is 6.10 Å². The molecule has 1 unspecified atom stereocenters. The number of carbonyl (C=O) groups is 3. The molecule has 0 aliphatic carbocycles. The summed E-state index contributed by atoms with van der Waals surface area (Å²) in [7, 11) is 0. The molecule has 0 aliphatic heterocycles. The molecule has 0 aromatic heterocycles. The smallest absolute Gasteiger partial charge is 0.306 e. The van der Waals surface area contributed by atoms with Crippen LogP contribution >= 0.6 is 0 Å². The molecule has 0 aromatic carbocycles. The first-order valence-electron chi connectivity index (χ1n) is 23.7. The van der Waals surface area contributed by atoms with Crippen molar-refractivity contribution in [2.24, 2.45) is 0 Å². The molecule has 0 radical (unpaired) electrons. The standard InChI is InChI=1S/C55H84O6/c1-4-7-10-13-16-19-22-25-26-27-28-29-30-31-34-36-39-42-45-48-54(57)60-51-52(61-55(58)49-46-43-40-37-33-24-21-18-15-12-9-6-3)50-59-53(56)47-44-41-38-35-32-23-20-17-14-11-8-5-2/h7-12,16-21,25-26,28-29,31-35,37,52H,4-6,13-15,22-24,27,30,36,38-51H2,1-3H3/b10-7-,11-8-,12-9-,19-16-,20-17-,21-18-,26-25-,29-28-,34-31-,35-32-,37-33-. The van der Waals surface area contributed by atoms with Crippen molar-refractivity contribution < 1.29 is 28.6 Å². The molecule has 6 heteroatoms. The molecule has 0 bridgehead atoms. The number of allylic oxidation sites excluding steroid dienone is 22. The van der Waals surface area contributed by atoms with Crippen LogP contribution in [0.2, 0.25) is 0 Å². The number of unbranched alkanes of at least 4 members (excludes halogenated alkanes) is 7. The monoisotopic (exact) mass is 841 g/mol. The molecule has 0 saturated carbocycles. The van der Waals surface area contributed by atoms with Crippen molar-refractivity contribution in [3.63, 3.8) is 0 Å². The molecule has 0 amide bonds. The van der Waals surface area contributed by atoms with Crippen LogP contribution in [0.1, 0.15) is 175 Å². The third-order valence-corrected chi connectivity index (χ3v) is 9.13. The van der Waals surface area contributed by atoms with Crippen molar-refractivity contribution >= 4 is 17.9 Å². The number of hydrogen-bond acceptors (Lipinski definition) is 6. The van der Waals surface area contributed by atoms with Crippen LogP contribution in [-0.4, -0.2) is 37.2 Å². The van der Waals surface area contributed by atoms with E-state index in [9.17, 15) is 14.4 Å². The lowest BCUT2D eigenvalue weighted by atomic mass is 10.1. The second-order valence-corrected chi connectivity index (χ2v) is 14.9. The lowest BCUT2D eigenvalue weighted by Crippen LogP contribution is -2.30. The van der Waals surface area contributed by atoms with Crippen molar-refractivity contribution in [1.29, 1.82) is 0 Å². The first kappa shape index (κ1) is 56.5. The van der Waals surface area contributed by atoms with Gasteiger partial charge in [0.2, 0.25) is 0 Å². The summed E-state index contributed by atoms with van der Waals surface area (Å²) >= 11 is 0. The summed E-state index contributed by atoms with van der Waals surface area (Å²) in [5.41, 5.74) is 0. The first-order chi connectivity index (χ1) is 30.0. The van der Waals surface area contributed by atoms with Crippen LogP contribution in [-0.2, 0) is 28.6 Å². The van der Waals surface area contributed by atoms with Crippen molar-refractivity contribution in [1.82, 2.24) is 0 Å². The summed E-state index contributed by atoms with van der Waals surface area (Å²) < 4.78 is 16.6. The molecule has 1 atom stereocenters. The van der Waals surface area contributed by atoms with Gasteiger partial charge in [0.25, 0.3) is 0 Å². The van der Waals surface area contributed by atoms with Crippen LogP contribution in [0.25, 0.3) is 0 Å². The van der Waals surface area contributed by atoms with Gasteiger partial charge in [-0.25, -0.2) is 0 Å². The first-order valence-corrected chi connectivity index (χ1v) is 23.7. The summed E-state index contributed by atoms with van der Waals surface area (Å²) in [6.45, 7) is 6.15. The summed E-state index contributed by atoms with van der Waals surface area (Å²) in [5, 5.41) is 0. The van der Waals surface area contributed by atoms with Crippen molar-refractivity contribution in [3.05, 3.63) is 134 Å². The molecule has 0 spiro atoms. The summed E-state index contributed by atoms with van der Waals surface area (Å²) in [5.74, 6) is -1.05. The SMILES string of the molecule is CC/C=C\C/C=C\C/C=C\C/C=C\C/C=C\CCCCCC(=O)OCC(COC(=O)CCCC/C=C\C/C=C\C/C=C\CC)OC(=O)CCCC/C=C\C/C=C\C/C=C\CC. The van der Waals surface area contributed by atoms with Crippen LogP contribution < -0.4 is 0 Å². The maximum Gasteiger partial charge on any atom is 0.306 e. The van der Waals surface area contributed by atoms with Crippen LogP contribution in [0.5, 0.6) is 0 Å². The molecule has 0 saturated heterocycles. The Kier molecular flexibility index (Phi) is 44.7. The van der Waals surface area contributed by atoms with E-state index in [0.717, 1.165) is 122 Å². The van der Waals surface area contributed by atoms with E-state index in [1.165, 1.54) is 0 Å². The Bertz CT molecular complexity index is 1380. The van der Waals surface area contributed by atoms with Crippen LogP contribution in [0.3, 0.4) is 0 Å². The molecule has 0 heterocycles. The lowest BCUT2D eigenvalue weighted by Gasteiger charge is -2.18. The minimum absolute atomic E-state index is 0.128. The minimum atomic E-state index is -0.831. The summed E-state index contributed by atoms with van der Waals surface area (Å²) in [6.07, 6.45) is 67.3. The van der Waals surface area contributed by atoms with Gasteiger partial charge in [0, 0.05) is 19.3 Å². The molecule has 0 aromatic rings. The predicted molar refractivity (Wildman–Crippen MR) is 260 cm³/mol. The quantitative estimate of drug-likeness (QED) is 0.0265. The Balaban J connectivity index is 4.54. The zero-order valence-corrected chi connectivity index (χ0v) is 38.6. The highest BCUT2D eigenvalue weighted by Crippen LogP contribution is 2.10. The Morgan fingerprint density at radius 2 is 0.590 bits per heavy atom. The van der Waals surface area contributed by atoms with Gasteiger partial charge < -0.3 is 14.2 Å². The fourth-order valence-corrected chi connectivity index (χ4v) is 5.67. The van der Waals surface area contributed by atoms with E-state index in [-0.39, 0.29) is 44.0 Å². The molecule has 0 N–H and O–H groups in total. The van der Waals surface area contributed by atoms with Crippen molar-refractivity contribution in [2.75, 3.05) is 13.2 Å². The van der Waals surface area contributed by atoms with Crippen LogP contribution in [0.4, 0.5) is 0 Å². The average molecular weight is 841 g/mol. The van der Waals surface area contributed by atoms with E-state index in [4.69, 9.17) is 14.2 Å². The van der Waals surface area contributed by atoms with Crippen LogP contribution in [0, 0.1) is 0 Å². The number of ether oxygens (including phenoxy) is 3. The van der Waals surface area contributed by atoms with Gasteiger partial charge in [-0.15, -0.1) is 0 Å². The highest BCUT2D eigenvalue weighted by atomic mass is 16.6. The van der Waals surface area contributed by atoms with E-state index in [0.29, 0.717) is 19.3 Å². The van der Waals surface area contributed by atoms with Gasteiger partial charge in [0.05, 0.1) is 0 Å². The van der Waals surface area contributed by atoms with Gasteiger partial charge in [-0.3, -0.25) is 14.4 Å². The lowest BCUT2D eigenvalue weighted by molar-refractivity contribution is -0.167. The number of hydrogen-bond donors (Lipinski definition) is 0. The number of carbonyl (C=O) groups excluding carboxylic acids is 3. The zero-order valence-electron chi connectivity index (χ0n) is 38.6. The van der Waals surface area contributed by atoms with Crippen molar-refractivity contribution in [2.45, 2.75) is 181 Å². The normalized spacial score (nSPS) is 13.3. The van der Waals surface area contributed by atoms with Gasteiger partial charge >= 0.3 is 17.9 Å². The van der Waals surface area contributed by atoms with E-state index < -0.39 is 6.10 Å². The largest absolute Gasteiger partial charge is 0.462 e. The molecule has 0 aliphatic rings. The molecular formula is C55H84O6. The number of rotatable bonds is 40. The van der Waals surface area contributed by atoms with Gasteiger partial charge in [-0.05, 0) is 128 Å². The molecule has 61 heavy (non-hydrogen) atoms. The fraction of sp³-hybridized carbons (Fsp3) is 0.545. The summed E-state index contributed by atoms with van der Waals surface area (Å²) in [4.78, 5) is 37.8. The maximum atomic E-state index is 12.7. The minimum Gasteiger partial charge on any atom is -0.462 e.